The van der Waals surface area contributed by atoms with Gasteiger partial charge in [0.25, 0.3) is 0 Å². The quantitative estimate of drug-likeness (QED) is 0.867. The second kappa shape index (κ2) is 5.99. The van der Waals surface area contributed by atoms with Crippen LogP contribution in [-0.4, -0.2) is 52.0 Å². The summed E-state index contributed by atoms with van der Waals surface area (Å²) in [6.07, 6.45) is 0.949. The number of amides is 3. The Morgan fingerprint density at radius 2 is 2.00 bits per heavy atom. The third-order valence-corrected chi connectivity index (χ3v) is 4.87. The SMILES string of the molecule is Cc1nn(C(C)C)c(C)c1NC(=O)N1CCC2(CC1)CNC(=O)O2. The highest BCUT2D eigenvalue weighted by Gasteiger charge is 2.43. The monoisotopic (exact) mass is 335 g/mol. The number of piperidine rings is 1. The largest absolute Gasteiger partial charge is 0.441 e. The maximum atomic E-state index is 12.6. The number of carbonyl (C=O) groups is 2. The molecule has 8 nitrogen and oxygen atoms in total. The fourth-order valence-electron chi connectivity index (χ4n) is 3.43. The van der Waals surface area contributed by atoms with Crippen LogP contribution in [0.25, 0.3) is 0 Å². The van der Waals surface area contributed by atoms with Crippen molar-refractivity contribution in [3.8, 4) is 0 Å². The Labute approximate surface area is 141 Å². The van der Waals surface area contributed by atoms with E-state index < -0.39 is 5.60 Å². The lowest BCUT2D eigenvalue weighted by molar-refractivity contribution is 0.0110. The predicted molar refractivity (Wildman–Crippen MR) is 89.1 cm³/mol. The zero-order valence-corrected chi connectivity index (χ0v) is 14.7. The van der Waals surface area contributed by atoms with Gasteiger partial charge in [0.15, 0.2) is 0 Å². The summed E-state index contributed by atoms with van der Waals surface area (Å²) in [5, 5.41) is 10.2. The Bertz CT molecular complexity index is 659. The summed E-state index contributed by atoms with van der Waals surface area (Å²) >= 11 is 0. The molecule has 3 rings (SSSR count). The molecule has 1 aromatic rings. The van der Waals surface area contributed by atoms with Crippen LogP contribution >= 0.6 is 0 Å². The van der Waals surface area contributed by atoms with Crippen molar-refractivity contribution in [2.75, 3.05) is 25.0 Å². The van der Waals surface area contributed by atoms with E-state index in [1.807, 2.05) is 18.5 Å². The fourth-order valence-corrected chi connectivity index (χ4v) is 3.43. The standard InChI is InChI=1S/C16H25N5O3/c1-10(2)21-12(4)13(11(3)19-21)18-14(22)20-7-5-16(6-8-20)9-17-15(23)24-16/h10H,5-9H2,1-4H3,(H,17,23)(H,18,22). The van der Waals surface area contributed by atoms with Crippen molar-refractivity contribution in [1.82, 2.24) is 20.0 Å². The number of carbonyl (C=O) groups excluding carboxylic acids is 2. The number of nitrogens with one attached hydrogen (secondary N) is 2. The first kappa shape index (κ1) is 16.6. The van der Waals surface area contributed by atoms with E-state index in [2.05, 4.69) is 29.6 Å². The number of alkyl carbamates (subject to hydrolysis) is 1. The summed E-state index contributed by atoms with van der Waals surface area (Å²) in [4.78, 5) is 25.6. The lowest BCUT2D eigenvalue weighted by atomic mass is 9.92. The molecule has 2 fully saturated rings. The molecule has 3 heterocycles. The molecule has 132 valence electrons. The number of aryl methyl sites for hydroxylation is 1. The first-order valence-electron chi connectivity index (χ1n) is 8.40. The van der Waals surface area contributed by atoms with E-state index in [0.29, 0.717) is 32.5 Å². The van der Waals surface area contributed by atoms with Gasteiger partial charge in [-0.15, -0.1) is 0 Å². The van der Waals surface area contributed by atoms with Crippen molar-refractivity contribution < 1.29 is 14.3 Å². The van der Waals surface area contributed by atoms with Gasteiger partial charge >= 0.3 is 12.1 Å². The van der Waals surface area contributed by atoms with Gasteiger partial charge in [-0.2, -0.15) is 5.10 Å². The molecule has 24 heavy (non-hydrogen) atoms. The number of ether oxygens (including phenoxy) is 1. The number of hydrogen-bond acceptors (Lipinski definition) is 4. The van der Waals surface area contributed by atoms with Crippen molar-refractivity contribution in [2.45, 2.75) is 52.2 Å². The molecule has 0 aromatic carbocycles. The van der Waals surface area contributed by atoms with Crippen LogP contribution in [0.1, 0.15) is 44.1 Å². The Hall–Kier alpha value is -2.25. The fraction of sp³-hybridized carbons (Fsp3) is 0.688. The molecule has 1 aromatic heterocycles. The topological polar surface area (TPSA) is 88.5 Å². The number of hydrogen-bond donors (Lipinski definition) is 2. The molecular formula is C16H25N5O3. The van der Waals surface area contributed by atoms with Gasteiger partial charge in [-0.05, 0) is 27.7 Å². The van der Waals surface area contributed by atoms with Gasteiger partial charge in [0.05, 0.1) is 23.6 Å². The van der Waals surface area contributed by atoms with Crippen LogP contribution < -0.4 is 10.6 Å². The summed E-state index contributed by atoms with van der Waals surface area (Å²) in [5.41, 5.74) is 2.11. The van der Waals surface area contributed by atoms with Crippen LogP contribution in [0, 0.1) is 13.8 Å². The van der Waals surface area contributed by atoms with E-state index in [4.69, 9.17) is 4.74 Å². The zero-order chi connectivity index (χ0) is 17.5. The first-order chi connectivity index (χ1) is 11.3. The van der Waals surface area contributed by atoms with Crippen LogP contribution in [0.4, 0.5) is 15.3 Å². The molecule has 2 saturated heterocycles. The van der Waals surface area contributed by atoms with Crippen molar-refractivity contribution in [3.05, 3.63) is 11.4 Å². The zero-order valence-electron chi connectivity index (χ0n) is 14.7. The molecule has 0 atom stereocenters. The molecule has 0 radical (unpaired) electrons. The number of aromatic nitrogens is 2. The highest BCUT2D eigenvalue weighted by atomic mass is 16.6. The average molecular weight is 335 g/mol. The van der Waals surface area contributed by atoms with Crippen LogP contribution in [0.15, 0.2) is 0 Å². The molecule has 0 saturated carbocycles. The molecular weight excluding hydrogens is 310 g/mol. The van der Waals surface area contributed by atoms with Crippen molar-refractivity contribution in [1.29, 1.82) is 0 Å². The number of nitrogens with zero attached hydrogens (tertiary/aromatic N) is 3. The normalized spacial score (nSPS) is 19.5. The lowest BCUT2D eigenvalue weighted by Crippen LogP contribution is -2.49. The van der Waals surface area contributed by atoms with Crippen LogP contribution in [0.3, 0.4) is 0 Å². The van der Waals surface area contributed by atoms with Gasteiger partial charge in [-0.3, -0.25) is 4.68 Å². The van der Waals surface area contributed by atoms with Gasteiger partial charge in [0.2, 0.25) is 0 Å². The van der Waals surface area contributed by atoms with Crippen molar-refractivity contribution in [2.24, 2.45) is 0 Å². The molecule has 3 amide bonds. The Kier molecular flexibility index (Phi) is 4.15. The van der Waals surface area contributed by atoms with Gasteiger partial charge < -0.3 is 20.3 Å². The number of urea groups is 1. The minimum absolute atomic E-state index is 0.128. The van der Waals surface area contributed by atoms with Crippen molar-refractivity contribution >= 4 is 17.8 Å². The van der Waals surface area contributed by atoms with E-state index in [9.17, 15) is 9.59 Å². The van der Waals surface area contributed by atoms with Crippen LogP contribution in [0.2, 0.25) is 0 Å². The van der Waals surface area contributed by atoms with Crippen molar-refractivity contribution in [3.63, 3.8) is 0 Å². The molecule has 0 aliphatic carbocycles. The Balaban J connectivity index is 1.64. The maximum Gasteiger partial charge on any atom is 0.407 e. The Morgan fingerprint density at radius 3 is 2.50 bits per heavy atom. The molecule has 0 bridgehead atoms. The first-order valence-corrected chi connectivity index (χ1v) is 8.40. The van der Waals surface area contributed by atoms with Crippen LogP contribution in [-0.2, 0) is 4.74 Å². The second-order valence-corrected chi connectivity index (χ2v) is 6.93. The molecule has 1 spiro atoms. The predicted octanol–water partition coefficient (Wildman–Crippen LogP) is 2.19. The molecule has 0 unspecified atom stereocenters. The summed E-state index contributed by atoms with van der Waals surface area (Å²) < 4.78 is 7.30. The summed E-state index contributed by atoms with van der Waals surface area (Å²) in [6.45, 7) is 9.65. The highest BCUT2D eigenvalue weighted by Crippen LogP contribution is 2.30. The van der Waals surface area contributed by atoms with Gasteiger partial charge in [0.1, 0.15) is 5.60 Å². The smallest absolute Gasteiger partial charge is 0.407 e. The second-order valence-electron chi connectivity index (χ2n) is 6.93. The molecule has 2 aliphatic heterocycles. The summed E-state index contributed by atoms with van der Waals surface area (Å²) in [6, 6.07) is 0.116. The summed E-state index contributed by atoms with van der Waals surface area (Å²) in [7, 11) is 0. The van der Waals surface area contributed by atoms with Crippen LogP contribution in [0.5, 0.6) is 0 Å². The molecule has 8 heteroatoms. The van der Waals surface area contributed by atoms with Gasteiger partial charge in [-0.25, -0.2) is 9.59 Å². The number of rotatable bonds is 2. The number of anilines is 1. The van der Waals surface area contributed by atoms with E-state index in [-0.39, 0.29) is 18.2 Å². The van der Waals surface area contributed by atoms with E-state index in [1.54, 1.807) is 4.90 Å². The molecule has 2 aliphatic rings. The Morgan fingerprint density at radius 1 is 1.33 bits per heavy atom. The average Bonchev–Trinajstić information content (AvgIpc) is 3.02. The maximum absolute atomic E-state index is 12.6. The molecule has 2 N–H and O–H groups in total. The minimum atomic E-state index is -0.442. The van der Waals surface area contributed by atoms with Gasteiger partial charge in [-0.1, -0.05) is 0 Å². The van der Waals surface area contributed by atoms with E-state index in [1.165, 1.54) is 0 Å². The van der Waals surface area contributed by atoms with E-state index >= 15 is 0 Å². The number of likely N-dealkylation sites (tertiary alicyclic amines) is 1. The minimum Gasteiger partial charge on any atom is -0.441 e. The third kappa shape index (κ3) is 2.92. The van der Waals surface area contributed by atoms with Gasteiger partial charge in [0, 0.05) is 32.0 Å². The summed E-state index contributed by atoms with van der Waals surface area (Å²) in [5.74, 6) is 0. The van der Waals surface area contributed by atoms with E-state index in [0.717, 1.165) is 17.1 Å². The highest BCUT2D eigenvalue weighted by molar-refractivity contribution is 5.90. The third-order valence-electron chi connectivity index (χ3n) is 4.87. The lowest BCUT2D eigenvalue weighted by Gasteiger charge is -2.37.